The summed E-state index contributed by atoms with van der Waals surface area (Å²) in [6.07, 6.45) is 1.18. The number of hydrogen-bond donors (Lipinski definition) is 1. The molecular weight excluding hydrogens is 360 g/mol. The van der Waals surface area contributed by atoms with E-state index in [0.717, 1.165) is 0 Å². The highest BCUT2D eigenvalue weighted by Crippen LogP contribution is 2.30. The molecule has 0 spiro atoms. The van der Waals surface area contributed by atoms with E-state index in [9.17, 15) is 18.0 Å². The van der Waals surface area contributed by atoms with E-state index in [1.54, 1.807) is 6.92 Å². The third-order valence-electron chi connectivity index (χ3n) is 4.12. The van der Waals surface area contributed by atoms with E-state index in [2.05, 4.69) is 5.32 Å². The van der Waals surface area contributed by atoms with Gasteiger partial charge in [0.25, 0.3) is 0 Å². The van der Waals surface area contributed by atoms with Gasteiger partial charge in [-0.2, -0.15) is 4.31 Å². The fraction of sp³-hybridized carbons (Fsp3) is 0.529. The molecule has 144 valence electrons. The second-order valence-corrected chi connectivity index (χ2v) is 7.94. The van der Waals surface area contributed by atoms with Gasteiger partial charge in [0.15, 0.2) is 0 Å². The number of benzene rings is 1. The monoisotopic (exact) mass is 384 g/mol. The Bertz CT molecular complexity index is 777. The van der Waals surface area contributed by atoms with Gasteiger partial charge in [-0.25, -0.2) is 8.42 Å². The molecule has 0 saturated carbocycles. The molecule has 9 heteroatoms. The average Bonchev–Trinajstić information content (AvgIpc) is 2.61. The molecule has 0 bridgehead atoms. The molecule has 0 aliphatic carbocycles. The molecule has 1 fully saturated rings. The summed E-state index contributed by atoms with van der Waals surface area (Å²) in [5, 5.41) is 2.56. The first-order valence-electron chi connectivity index (χ1n) is 8.42. The number of methoxy groups -OCH3 is 1. The Morgan fingerprint density at radius 2 is 2.08 bits per heavy atom. The SMILES string of the molecule is CCOC(=O)[C@H]1CCCN(S(=O)(=O)c2ccc(OC)c(NC(C)=O)c2)C1. The van der Waals surface area contributed by atoms with E-state index in [-0.39, 0.29) is 35.6 Å². The van der Waals surface area contributed by atoms with Gasteiger partial charge in [0.1, 0.15) is 5.75 Å². The van der Waals surface area contributed by atoms with Crippen molar-refractivity contribution in [2.75, 3.05) is 32.1 Å². The van der Waals surface area contributed by atoms with Gasteiger partial charge in [-0.05, 0) is 38.0 Å². The Balaban J connectivity index is 2.28. The first-order valence-corrected chi connectivity index (χ1v) is 9.86. The molecular formula is C17H24N2O6S. The molecule has 1 aromatic rings. The van der Waals surface area contributed by atoms with Gasteiger partial charge >= 0.3 is 5.97 Å². The van der Waals surface area contributed by atoms with Crippen LogP contribution in [0.15, 0.2) is 23.1 Å². The lowest BCUT2D eigenvalue weighted by Gasteiger charge is -2.30. The summed E-state index contributed by atoms with van der Waals surface area (Å²) in [5.74, 6) is -0.812. The zero-order valence-electron chi connectivity index (χ0n) is 15.1. The Hall–Kier alpha value is -2.13. The Labute approximate surface area is 153 Å². The molecule has 0 radical (unpaired) electrons. The van der Waals surface area contributed by atoms with Crippen molar-refractivity contribution < 1.29 is 27.5 Å². The second kappa shape index (κ2) is 8.50. The quantitative estimate of drug-likeness (QED) is 0.748. The second-order valence-electron chi connectivity index (χ2n) is 6.00. The summed E-state index contributed by atoms with van der Waals surface area (Å²) in [5.41, 5.74) is 0.278. The first-order chi connectivity index (χ1) is 12.3. The van der Waals surface area contributed by atoms with E-state index >= 15 is 0 Å². The number of sulfonamides is 1. The molecule has 1 aromatic carbocycles. The predicted molar refractivity (Wildman–Crippen MR) is 95.4 cm³/mol. The lowest BCUT2D eigenvalue weighted by molar-refractivity contribution is -0.149. The van der Waals surface area contributed by atoms with Gasteiger partial charge in [-0.3, -0.25) is 9.59 Å². The van der Waals surface area contributed by atoms with E-state index < -0.39 is 15.9 Å². The molecule has 26 heavy (non-hydrogen) atoms. The molecule has 0 aromatic heterocycles. The summed E-state index contributed by atoms with van der Waals surface area (Å²) in [6, 6.07) is 4.28. The van der Waals surface area contributed by atoms with Crippen molar-refractivity contribution >= 4 is 27.6 Å². The number of carbonyl (C=O) groups excluding carboxylic acids is 2. The predicted octanol–water partition coefficient (Wildman–Crippen LogP) is 1.62. The summed E-state index contributed by atoms with van der Waals surface area (Å²) in [4.78, 5) is 23.3. The molecule has 1 N–H and O–H groups in total. The van der Waals surface area contributed by atoms with Crippen LogP contribution in [0, 0.1) is 5.92 Å². The average molecular weight is 384 g/mol. The van der Waals surface area contributed by atoms with Crippen LogP contribution >= 0.6 is 0 Å². The van der Waals surface area contributed by atoms with E-state index in [0.29, 0.717) is 25.1 Å². The fourth-order valence-electron chi connectivity index (χ4n) is 2.90. The number of nitrogens with zero attached hydrogens (tertiary/aromatic N) is 1. The van der Waals surface area contributed by atoms with Crippen LogP contribution in [0.4, 0.5) is 5.69 Å². The lowest BCUT2D eigenvalue weighted by Crippen LogP contribution is -2.42. The maximum atomic E-state index is 13.0. The number of piperidine rings is 1. The van der Waals surface area contributed by atoms with Gasteiger partial charge in [0.05, 0.1) is 30.2 Å². The molecule has 0 unspecified atom stereocenters. The van der Waals surface area contributed by atoms with Gasteiger partial charge in [-0.1, -0.05) is 0 Å². The van der Waals surface area contributed by atoms with E-state index in [1.807, 2.05) is 0 Å². The minimum Gasteiger partial charge on any atom is -0.495 e. The first kappa shape index (κ1) is 20.2. The van der Waals surface area contributed by atoms with Crippen molar-refractivity contribution in [2.24, 2.45) is 5.92 Å². The van der Waals surface area contributed by atoms with Crippen LogP contribution in [0.5, 0.6) is 5.75 Å². The number of rotatable bonds is 6. The minimum absolute atomic E-state index is 0.0339. The highest BCUT2D eigenvalue weighted by Gasteiger charge is 2.34. The van der Waals surface area contributed by atoms with Crippen molar-refractivity contribution in [2.45, 2.75) is 31.6 Å². The molecule has 1 heterocycles. The third-order valence-corrected chi connectivity index (χ3v) is 5.98. The molecule has 8 nitrogen and oxygen atoms in total. The number of carbonyl (C=O) groups is 2. The third kappa shape index (κ3) is 4.53. The summed E-state index contributed by atoms with van der Waals surface area (Å²) in [6.45, 7) is 3.73. The lowest BCUT2D eigenvalue weighted by atomic mass is 10.0. The summed E-state index contributed by atoms with van der Waals surface area (Å²) >= 11 is 0. The fourth-order valence-corrected chi connectivity index (χ4v) is 4.45. The van der Waals surface area contributed by atoms with Crippen LogP contribution in [0.25, 0.3) is 0 Å². The largest absolute Gasteiger partial charge is 0.495 e. The van der Waals surface area contributed by atoms with Crippen LogP contribution in [0.3, 0.4) is 0 Å². The Morgan fingerprint density at radius 3 is 2.69 bits per heavy atom. The van der Waals surface area contributed by atoms with Gasteiger partial charge < -0.3 is 14.8 Å². The van der Waals surface area contributed by atoms with Gasteiger partial charge in [0.2, 0.25) is 15.9 Å². The van der Waals surface area contributed by atoms with Crippen LogP contribution in [0.1, 0.15) is 26.7 Å². The van der Waals surface area contributed by atoms with Crippen LogP contribution in [0.2, 0.25) is 0 Å². The molecule has 2 rings (SSSR count). The van der Waals surface area contributed by atoms with Gasteiger partial charge in [0, 0.05) is 20.0 Å². The molecule has 1 amide bonds. The maximum absolute atomic E-state index is 13.0. The standard InChI is InChI=1S/C17H24N2O6S/c1-4-25-17(21)13-6-5-9-19(11-13)26(22,23)14-7-8-16(24-3)15(10-14)18-12(2)20/h7-8,10,13H,4-6,9,11H2,1-3H3,(H,18,20)/t13-/m0/s1. The number of ether oxygens (including phenoxy) is 2. The van der Waals surface area contributed by atoms with E-state index in [4.69, 9.17) is 9.47 Å². The highest BCUT2D eigenvalue weighted by molar-refractivity contribution is 7.89. The van der Waals surface area contributed by atoms with Crippen molar-refractivity contribution in [3.8, 4) is 5.75 Å². The Kier molecular flexibility index (Phi) is 6.60. The summed E-state index contributed by atoms with van der Waals surface area (Å²) < 4.78 is 37.4. The van der Waals surface area contributed by atoms with Crippen LogP contribution < -0.4 is 10.1 Å². The van der Waals surface area contributed by atoms with Gasteiger partial charge in [-0.15, -0.1) is 0 Å². The Morgan fingerprint density at radius 1 is 1.35 bits per heavy atom. The van der Waals surface area contributed by atoms with Crippen LogP contribution in [-0.4, -0.2) is 51.4 Å². The number of amides is 1. The topological polar surface area (TPSA) is 102 Å². The summed E-state index contributed by atoms with van der Waals surface area (Å²) in [7, 11) is -2.37. The minimum atomic E-state index is -3.81. The molecule has 1 saturated heterocycles. The highest BCUT2D eigenvalue weighted by atomic mass is 32.2. The zero-order valence-corrected chi connectivity index (χ0v) is 16.0. The van der Waals surface area contributed by atoms with Crippen molar-refractivity contribution in [1.29, 1.82) is 0 Å². The zero-order chi connectivity index (χ0) is 19.3. The molecule has 1 aliphatic rings. The van der Waals surface area contributed by atoms with Crippen LogP contribution in [-0.2, 0) is 24.3 Å². The number of esters is 1. The smallest absolute Gasteiger partial charge is 0.310 e. The van der Waals surface area contributed by atoms with E-state index in [1.165, 1.54) is 36.5 Å². The van der Waals surface area contributed by atoms with Crippen molar-refractivity contribution in [3.05, 3.63) is 18.2 Å². The number of hydrogen-bond acceptors (Lipinski definition) is 6. The maximum Gasteiger partial charge on any atom is 0.310 e. The number of anilines is 1. The molecule has 1 aliphatic heterocycles. The normalized spacial score (nSPS) is 18.2. The van der Waals surface area contributed by atoms with Crippen molar-refractivity contribution in [1.82, 2.24) is 4.31 Å². The number of nitrogens with one attached hydrogen (secondary N) is 1. The molecule has 1 atom stereocenters. The van der Waals surface area contributed by atoms with Crippen molar-refractivity contribution in [3.63, 3.8) is 0 Å².